The van der Waals surface area contributed by atoms with Gasteiger partial charge in [-0.15, -0.1) is 0 Å². The molecule has 0 aromatic heterocycles. The van der Waals surface area contributed by atoms with E-state index in [1.54, 1.807) is 4.90 Å². The molecular weight excluding hydrogens is 250 g/mol. The summed E-state index contributed by atoms with van der Waals surface area (Å²) in [5.41, 5.74) is 2.30. The molecule has 3 rings (SSSR count). The van der Waals surface area contributed by atoms with E-state index in [0.717, 1.165) is 12.2 Å². The van der Waals surface area contributed by atoms with Crippen molar-refractivity contribution in [2.24, 2.45) is 0 Å². The molecule has 1 amide bonds. The number of nitrogens with zero attached hydrogens (tertiary/aromatic N) is 2. The number of fused-ring (bicyclic) bond motifs is 1. The summed E-state index contributed by atoms with van der Waals surface area (Å²) in [4.78, 5) is 16.3. The Morgan fingerprint density at radius 2 is 2.05 bits per heavy atom. The summed E-state index contributed by atoms with van der Waals surface area (Å²) >= 11 is 0. The standard InChI is InChI=1S/C16H23N3O/c1-18-9-5-6-12(11-18)17-14-10-16(20)19(2)15-8-4-3-7-13(14)15/h3-4,7-8,12,14,17H,5-6,9-11H2,1-2H3. The summed E-state index contributed by atoms with van der Waals surface area (Å²) in [6.07, 6.45) is 3.00. The van der Waals surface area contributed by atoms with Crippen molar-refractivity contribution in [1.29, 1.82) is 0 Å². The summed E-state index contributed by atoms with van der Waals surface area (Å²) in [5, 5.41) is 3.71. The van der Waals surface area contributed by atoms with Crippen molar-refractivity contribution in [3.05, 3.63) is 29.8 Å². The Hall–Kier alpha value is -1.39. The largest absolute Gasteiger partial charge is 0.315 e. The predicted octanol–water partition coefficient (Wildman–Crippen LogP) is 1.78. The quantitative estimate of drug-likeness (QED) is 0.892. The normalized spacial score (nSPS) is 27.5. The minimum atomic E-state index is 0.159. The summed E-state index contributed by atoms with van der Waals surface area (Å²) in [6, 6.07) is 8.88. The highest BCUT2D eigenvalue weighted by Crippen LogP contribution is 2.34. The first kappa shape index (κ1) is 13.6. The lowest BCUT2D eigenvalue weighted by Crippen LogP contribution is -2.47. The Balaban J connectivity index is 1.79. The van der Waals surface area contributed by atoms with Crippen LogP contribution in [0, 0.1) is 0 Å². The van der Waals surface area contributed by atoms with E-state index in [9.17, 15) is 4.79 Å². The van der Waals surface area contributed by atoms with Crippen LogP contribution in [0.1, 0.15) is 30.9 Å². The predicted molar refractivity (Wildman–Crippen MR) is 80.9 cm³/mol. The molecule has 108 valence electrons. The highest BCUT2D eigenvalue weighted by molar-refractivity contribution is 5.96. The third-order valence-corrected chi connectivity index (χ3v) is 4.49. The maximum absolute atomic E-state index is 12.1. The molecule has 2 unspecified atom stereocenters. The van der Waals surface area contributed by atoms with Crippen molar-refractivity contribution in [3.63, 3.8) is 0 Å². The van der Waals surface area contributed by atoms with E-state index in [1.165, 1.54) is 24.9 Å². The first-order chi connectivity index (χ1) is 9.65. The van der Waals surface area contributed by atoms with Crippen LogP contribution in [0.4, 0.5) is 5.69 Å². The van der Waals surface area contributed by atoms with Crippen molar-refractivity contribution in [3.8, 4) is 0 Å². The van der Waals surface area contributed by atoms with E-state index in [4.69, 9.17) is 0 Å². The number of nitrogens with one attached hydrogen (secondary N) is 1. The van der Waals surface area contributed by atoms with Crippen molar-refractivity contribution in [2.45, 2.75) is 31.3 Å². The number of anilines is 1. The molecular formula is C16H23N3O. The molecule has 0 aliphatic carbocycles. The minimum absolute atomic E-state index is 0.159. The third-order valence-electron chi connectivity index (χ3n) is 4.49. The Bertz CT molecular complexity index is 502. The molecule has 2 heterocycles. The molecule has 1 aromatic rings. The second-order valence-corrected chi connectivity index (χ2v) is 6.04. The number of rotatable bonds is 2. The SMILES string of the molecule is CN1CCCC(NC2CC(=O)N(C)c3ccccc32)C1. The van der Waals surface area contributed by atoms with E-state index in [2.05, 4.69) is 29.4 Å². The minimum Gasteiger partial charge on any atom is -0.315 e. The van der Waals surface area contributed by atoms with E-state index in [0.29, 0.717) is 12.5 Å². The number of amides is 1. The Kier molecular flexibility index (Phi) is 3.76. The van der Waals surface area contributed by atoms with Gasteiger partial charge in [0.2, 0.25) is 5.91 Å². The van der Waals surface area contributed by atoms with Gasteiger partial charge in [-0.25, -0.2) is 0 Å². The summed E-state index contributed by atoms with van der Waals surface area (Å²) in [6.45, 7) is 2.25. The van der Waals surface area contributed by atoms with Gasteiger partial charge in [-0.05, 0) is 38.1 Å². The van der Waals surface area contributed by atoms with Gasteiger partial charge in [0.1, 0.15) is 0 Å². The van der Waals surface area contributed by atoms with Crippen molar-refractivity contribution in [1.82, 2.24) is 10.2 Å². The highest BCUT2D eigenvalue weighted by Gasteiger charge is 2.30. The Morgan fingerprint density at radius 3 is 2.85 bits per heavy atom. The van der Waals surface area contributed by atoms with Gasteiger partial charge in [-0.2, -0.15) is 0 Å². The molecule has 2 aliphatic heterocycles. The van der Waals surface area contributed by atoms with Crippen LogP contribution in [0.5, 0.6) is 0 Å². The van der Waals surface area contributed by atoms with Crippen LogP contribution in [0.3, 0.4) is 0 Å². The molecule has 2 atom stereocenters. The van der Waals surface area contributed by atoms with E-state index in [1.807, 2.05) is 19.2 Å². The highest BCUT2D eigenvalue weighted by atomic mass is 16.2. The zero-order valence-electron chi connectivity index (χ0n) is 12.3. The van der Waals surface area contributed by atoms with Gasteiger partial charge in [-0.1, -0.05) is 18.2 Å². The number of likely N-dealkylation sites (tertiary alicyclic amines) is 1. The number of likely N-dealkylation sites (N-methyl/N-ethyl adjacent to an activating group) is 1. The van der Waals surface area contributed by atoms with Crippen LogP contribution in [0.15, 0.2) is 24.3 Å². The summed E-state index contributed by atoms with van der Waals surface area (Å²) < 4.78 is 0. The second kappa shape index (κ2) is 5.54. The second-order valence-electron chi connectivity index (χ2n) is 6.04. The molecule has 1 saturated heterocycles. The van der Waals surface area contributed by atoms with Crippen molar-refractivity contribution < 1.29 is 4.79 Å². The van der Waals surface area contributed by atoms with Crippen LogP contribution >= 0.6 is 0 Å². The van der Waals surface area contributed by atoms with Crippen LogP contribution in [-0.2, 0) is 4.79 Å². The van der Waals surface area contributed by atoms with Crippen LogP contribution < -0.4 is 10.2 Å². The lowest BCUT2D eigenvalue weighted by atomic mass is 9.94. The zero-order valence-corrected chi connectivity index (χ0v) is 12.3. The molecule has 1 fully saturated rings. The first-order valence-electron chi connectivity index (χ1n) is 7.45. The lowest BCUT2D eigenvalue weighted by molar-refractivity contribution is -0.119. The van der Waals surface area contributed by atoms with Gasteiger partial charge in [-0.3, -0.25) is 4.79 Å². The third kappa shape index (κ3) is 2.58. The van der Waals surface area contributed by atoms with Gasteiger partial charge < -0.3 is 15.1 Å². The molecule has 0 bridgehead atoms. The fourth-order valence-corrected chi connectivity index (χ4v) is 3.38. The van der Waals surface area contributed by atoms with Crippen LogP contribution in [-0.4, -0.2) is 44.0 Å². The molecule has 0 saturated carbocycles. The van der Waals surface area contributed by atoms with Crippen LogP contribution in [0.2, 0.25) is 0 Å². The van der Waals surface area contributed by atoms with E-state index < -0.39 is 0 Å². The Labute approximate surface area is 120 Å². The van der Waals surface area contributed by atoms with Gasteiger partial charge >= 0.3 is 0 Å². The molecule has 20 heavy (non-hydrogen) atoms. The van der Waals surface area contributed by atoms with Gasteiger partial charge in [0.15, 0.2) is 0 Å². The van der Waals surface area contributed by atoms with Crippen molar-refractivity contribution in [2.75, 3.05) is 32.1 Å². The average Bonchev–Trinajstić information content (AvgIpc) is 2.45. The molecule has 4 nitrogen and oxygen atoms in total. The molecule has 1 N–H and O–H groups in total. The summed E-state index contributed by atoms with van der Waals surface area (Å²) in [7, 11) is 4.04. The number of hydrogen-bond acceptors (Lipinski definition) is 3. The number of carbonyl (C=O) groups is 1. The topological polar surface area (TPSA) is 35.6 Å². The lowest BCUT2D eigenvalue weighted by Gasteiger charge is -2.37. The number of hydrogen-bond donors (Lipinski definition) is 1. The number of piperidine rings is 1. The Morgan fingerprint density at radius 1 is 1.25 bits per heavy atom. The fraction of sp³-hybridized carbons (Fsp3) is 0.562. The van der Waals surface area contributed by atoms with Crippen LogP contribution in [0.25, 0.3) is 0 Å². The molecule has 0 spiro atoms. The monoisotopic (exact) mass is 273 g/mol. The molecule has 4 heteroatoms. The summed E-state index contributed by atoms with van der Waals surface area (Å²) in [5.74, 6) is 0.199. The number of benzene rings is 1. The van der Waals surface area contributed by atoms with E-state index in [-0.39, 0.29) is 11.9 Å². The van der Waals surface area contributed by atoms with Gasteiger partial charge in [0.05, 0.1) is 0 Å². The maximum Gasteiger partial charge on any atom is 0.228 e. The number of para-hydroxylation sites is 1. The smallest absolute Gasteiger partial charge is 0.228 e. The zero-order chi connectivity index (χ0) is 14.1. The average molecular weight is 273 g/mol. The van der Waals surface area contributed by atoms with Crippen molar-refractivity contribution >= 4 is 11.6 Å². The van der Waals surface area contributed by atoms with Gasteiger partial charge in [0, 0.05) is 37.8 Å². The molecule has 0 radical (unpaired) electrons. The van der Waals surface area contributed by atoms with E-state index >= 15 is 0 Å². The maximum atomic E-state index is 12.1. The fourth-order valence-electron chi connectivity index (χ4n) is 3.38. The first-order valence-corrected chi connectivity index (χ1v) is 7.45. The molecule has 1 aromatic carbocycles. The van der Waals surface area contributed by atoms with Gasteiger partial charge in [0.25, 0.3) is 0 Å². The number of carbonyl (C=O) groups excluding carboxylic acids is 1. The molecule has 2 aliphatic rings.